The zero-order chi connectivity index (χ0) is 20.3. The van der Waals surface area contributed by atoms with E-state index in [9.17, 15) is 8.42 Å². The first-order chi connectivity index (χ1) is 14.0. The Morgan fingerprint density at radius 3 is 2.62 bits per heavy atom. The molecule has 2 aromatic heterocycles. The van der Waals surface area contributed by atoms with Crippen molar-refractivity contribution < 1.29 is 12.9 Å². The molecule has 0 atom stereocenters. The molecular formula is C20H30N4O3S2. The van der Waals surface area contributed by atoms with E-state index in [-0.39, 0.29) is 0 Å². The lowest BCUT2D eigenvalue weighted by Gasteiger charge is -2.40. The summed E-state index contributed by atoms with van der Waals surface area (Å²) in [6, 6.07) is 4.17. The Hall–Kier alpha value is -1.26. The Morgan fingerprint density at radius 1 is 1.17 bits per heavy atom. The summed E-state index contributed by atoms with van der Waals surface area (Å²) < 4.78 is 33.5. The summed E-state index contributed by atoms with van der Waals surface area (Å²) in [6.45, 7) is 7.64. The molecule has 1 N–H and O–H groups in total. The van der Waals surface area contributed by atoms with Gasteiger partial charge in [-0.1, -0.05) is 11.6 Å². The van der Waals surface area contributed by atoms with Gasteiger partial charge >= 0.3 is 0 Å². The first-order valence-corrected chi connectivity index (χ1v) is 12.9. The van der Waals surface area contributed by atoms with Gasteiger partial charge in [-0.2, -0.15) is 0 Å². The highest BCUT2D eigenvalue weighted by Crippen LogP contribution is 2.28. The Balaban J connectivity index is 1.23. The molecule has 2 fully saturated rings. The van der Waals surface area contributed by atoms with Crippen LogP contribution < -0.4 is 4.72 Å². The first kappa shape index (κ1) is 21.0. The van der Waals surface area contributed by atoms with Crippen LogP contribution in [0.5, 0.6) is 0 Å². The van der Waals surface area contributed by atoms with Crippen molar-refractivity contribution in [3.63, 3.8) is 0 Å². The predicted molar refractivity (Wildman–Crippen MR) is 115 cm³/mol. The highest BCUT2D eigenvalue weighted by Gasteiger charge is 2.26. The van der Waals surface area contributed by atoms with Crippen LogP contribution in [0.1, 0.15) is 37.8 Å². The second kappa shape index (κ2) is 9.26. The van der Waals surface area contributed by atoms with E-state index >= 15 is 0 Å². The van der Waals surface area contributed by atoms with Crippen molar-refractivity contribution in [2.75, 3.05) is 39.3 Å². The number of hydrogen-bond acceptors (Lipinski definition) is 7. The lowest BCUT2D eigenvalue weighted by molar-refractivity contribution is 0.0935. The first-order valence-electron chi connectivity index (χ1n) is 10.5. The third kappa shape index (κ3) is 5.27. The molecule has 0 radical (unpaired) electrons. The second-order valence-electron chi connectivity index (χ2n) is 8.05. The van der Waals surface area contributed by atoms with E-state index in [0.29, 0.717) is 22.6 Å². The van der Waals surface area contributed by atoms with E-state index in [1.54, 1.807) is 17.5 Å². The molecule has 0 bridgehead atoms. The summed E-state index contributed by atoms with van der Waals surface area (Å²) in [4.78, 5) is 5.04. The van der Waals surface area contributed by atoms with Crippen LogP contribution >= 0.6 is 11.3 Å². The minimum Gasteiger partial charge on any atom is -0.356 e. The maximum atomic E-state index is 12.6. The number of piperidine rings is 2. The summed E-state index contributed by atoms with van der Waals surface area (Å²) in [7, 11) is -3.50. The van der Waals surface area contributed by atoms with Gasteiger partial charge in [0.15, 0.2) is 5.76 Å². The fourth-order valence-corrected chi connectivity index (χ4v) is 6.52. The number of aromatic nitrogens is 1. The minimum atomic E-state index is -3.50. The lowest BCUT2D eigenvalue weighted by Crippen LogP contribution is -2.48. The third-order valence-corrected chi connectivity index (χ3v) is 8.84. The number of thiophene rings is 1. The number of likely N-dealkylation sites (tertiary alicyclic amines) is 2. The average Bonchev–Trinajstić information content (AvgIpc) is 3.39. The van der Waals surface area contributed by atoms with E-state index < -0.39 is 10.0 Å². The molecule has 9 heteroatoms. The molecule has 2 aliphatic rings. The van der Waals surface area contributed by atoms with Crippen LogP contribution in [0.15, 0.2) is 26.2 Å². The molecule has 160 valence electrons. The Bertz CT molecular complexity index is 894. The number of hydrogen-bond donors (Lipinski definition) is 1. The summed E-state index contributed by atoms with van der Waals surface area (Å²) in [5.41, 5.74) is 1.52. The van der Waals surface area contributed by atoms with Gasteiger partial charge in [0.2, 0.25) is 10.0 Å². The van der Waals surface area contributed by atoms with Gasteiger partial charge in [-0.15, -0.1) is 11.3 Å². The van der Waals surface area contributed by atoms with E-state index in [2.05, 4.69) is 19.7 Å². The van der Waals surface area contributed by atoms with Gasteiger partial charge < -0.3 is 14.3 Å². The summed E-state index contributed by atoms with van der Waals surface area (Å²) >= 11 is 1.21. The molecule has 2 aromatic rings. The van der Waals surface area contributed by atoms with Gasteiger partial charge in [0.05, 0.1) is 5.69 Å². The van der Waals surface area contributed by atoms with Crippen molar-refractivity contribution in [3.8, 4) is 11.3 Å². The van der Waals surface area contributed by atoms with E-state index in [1.165, 1.54) is 56.5 Å². The molecule has 0 saturated carbocycles. The van der Waals surface area contributed by atoms with Crippen LogP contribution in [0.2, 0.25) is 0 Å². The van der Waals surface area contributed by atoms with Gasteiger partial charge in [0, 0.05) is 36.1 Å². The largest absolute Gasteiger partial charge is 0.356 e. The fourth-order valence-electron chi connectivity index (χ4n) is 4.29. The van der Waals surface area contributed by atoms with Gasteiger partial charge in [0.25, 0.3) is 0 Å². The van der Waals surface area contributed by atoms with Gasteiger partial charge in [-0.3, -0.25) is 0 Å². The molecule has 0 amide bonds. The topological polar surface area (TPSA) is 78.7 Å². The predicted octanol–water partition coefficient (Wildman–Crippen LogP) is 2.94. The van der Waals surface area contributed by atoms with Gasteiger partial charge in [-0.05, 0) is 64.9 Å². The smallest absolute Gasteiger partial charge is 0.250 e. The highest BCUT2D eigenvalue weighted by atomic mass is 32.2. The van der Waals surface area contributed by atoms with Crippen molar-refractivity contribution in [2.24, 2.45) is 0 Å². The van der Waals surface area contributed by atoms with Crippen molar-refractivity contribution >= 4 is 21.4 Å². The molecular weight excluding hydrogens is 408 g/mol. The lowest BCUT2D eigenvalue weighted by atomic mass is 10.00. The zero-order valence-electron chi connectivity index (χ0n) is 17.0. The standard InChI is InChI=1S/C20H30N4O3S2/c1-16-13-19(27-22-16)17-14-20(28-15-17)29(25,26)21-7-12-23-10-5-18(6-11-23)24-8-3-2-4-9-24/h13-15,18,21H,2-12H2,1H3. The number of aryl methyl sites for hydroxylation is 1. The van der Waals surface area contributed by atoms with Crippen LogP contribution in [-0.2, 0) is 10.0 Å². The Kier molecular flexibility index (Phi) is 6.70. The van der Waals surface area contributed by atoms with Crippen LogP contribution in [0.25, 0.3) is 11.3 Å². The molecule has 2 saturated heterocycles. The Labute approximate surface area is 177 Å². The molecule has 7 nitrogen and oxygen atoms in total. The number of rotatable bonds is 7. The molecule has 29 heavy (non-hydrogen) atoms. The van der Waals surface area contributed by atoms with Crippen molar-refractivity contribution in [1.82, 2.24) is 19.7 Å². The van der Waals surface area contributed by atoms with E-state index in [4.69, 9.17) is 4.52 Å². The average molecular weight is 439 g/mol. The number of nitrogens with one attached hydrogen (secondary N) is 1. The number of nitrogens with zero attached hydrogens (tertiary/aromatic N) is 3. The van der Waals surface area contributed by atoms with Crippen LogP contribution in [-0.4, -0.2) is 68.7 Å². The normalized spacial score (nSPS) is 20.3. The summed E-state index contributed by atoms with van der Waals surface area (Å²) in [6.07, 6.45) is 6.43. The zero-order valence-corrected chi connectivity index (χ0v) is 18.6. The highest BCUT2D eigenvalue weighted by molar-refractivity contribution is 7.91. The molecule has 4 heterocycles. The molecule has 0 unspecified atom stereocenters. The third-order valence-electron chi connectivity index (χ3n) is 5.94. The molecule has 0 aromatic carbocycles. The fraction of sp³-hybridized carbons (Fsp3) is 0.650. The Morgan fingerprint density at radius 2 is 1.93 bits per heavy atom. The van der Waals surface area contributed by atoms with Crippen LogP contribution in [0.4, 0.5) is 0 Å². The van der Waals surface area contributed by atoms with Crippen molar-refractivity contribution in [2.45, 2.75) is 49.3 Å². The van der Waals surface area contributed by atoms with Crippen LogP contribution in [0, 0.1) is 6.92 Å². The van der Waals surface area contributed by atoms with E-state index in [0.717, 1.165) is 30.9 Å². The molecule has 2 aliphatic heterocycles. The van der Waals surface area contributed by atoms with Crippen molar-refractivity contribution in [1.29, 1.82) is 0 Å². The quantitative estimate of drug-likeness (QED) is 0.716. The summed E-state index contributed by atoms with van der Waals surface area (Å²) in [5.74, 6) is 0.594. The monoisotopic (exact) mass is 438 g/mol. The SMILES string of the molecule is Cc1cc(-c2csc(S(=O)(=O)NCCN3CCC(N4CCCCC4)CC3)c2)on1. The molecule has 0 spiro atoms. The van der Waals surface area contributed by atoms with Gasteiger partial charge in [0.1, 0.15) is 4.21 Å². The van der Waals surface area contributed by atoms with Gasteiger partial charge in [-0.25, -0.2) is 13.1 Å². The van der Waals surface area contributed by atoms with Crippen LogP contribution in [0.3, 0.4) is 0 Å². The molecule has 0 aliphatic carbocycles. The summed E-state index contributed by atoms with van der Waals surface area (Å²) in [5, 5.41) is 5.65. The number of sulfonamides is 1. The maximum absolute atomic E-state index is 12.6. The molecule has 4 rings (SSSR count). The maximum Gasteiger partial charge on any atom is 0.250 e. The van der Waals surface area contributed by atoms with Crippen molar-refractivity contribution in [3.05, 3.63) is 23.2 Å². The second-order valence-corrected chi connectivity index (χ2v) is 11.0. The minimum absolute atomic E-state index is 0.311. The van der Waals surface area contributed by atoms with E-state index in [1.807, 2.05) is 6.92 Å².